The fourth-order valence-electron chi connectivity index (χ4n) is 3.73. The number of nitrogens with zero attached hydrogens (tertiary/aromatic N) is 1. The van der Waals surface area contributed by atoms with E-state index in [2.05, 4.69) is 20.8 Å². The van der Waals surface area contributed by atoms with E-state index >= 15 is 0 Å². The molecule has 0 aromatic rings. The van der Waals surface area contributed by atoms with Crippen LogP contribution in [-0.4, -0.2) is 59.3 Å². The third-order valence-corrected chi connectivity index (χ3v) is 7.45. The lowest BCUT2D eigenvalue weighted by atomic mass is 10.2. The summed E-state index contributed by atoms with van der Waals surface area (Å²) in [6.45, 7) is 20.1. The molecule has 0 aromatic carbocycles. The van der Waals surface area contributed by atoms with Crippen LogP contribution in [0.15, 0.2) is 0 Å². The Kier molecular flexibility index (Phi) is 13.4. The van der Waals surface area contributed by atoms with Crippen molar-refractivity contribution in [2.75, 3.05) is 46.0 Å². The molecule has 0 atom stereocenters. The van der Waals surface area contributed by atoms with Gasteiger partial charge >= 0.3 is 8.80 Å². The molecule has 0 radical (unpaired) electrons. The molecule has 0 N–H and O–H groups in total. The topological polar surface area (TPSA) is 27.7 Å². The lowest BCUT2D eigenvalue weighted by Gasteiger charge is -2.39. The van der Waals surface area contributed by atoms with Crippen molar-refractivity contribution in [3.05, 3.63) is 0 Å². The fraction of sp³-hybridized carbons (Fsp3) is 1.00. The first-order valence-corrected chi connectivity index (χ1v) is 11.8. The van der Waals surface area contributed by atoms with Gasteiger partial charge in [-0.25, -0.2) is 0 Å². The fourth-order valence-corrected chi connectivity index (χ4v) is 6.32. The maximum atomic E-state index is 5.99. The van der Waals surface area contributed by atoms with Crippen molar-refractivity contribution in [3.8, 4) is 0 Å². The van der Waals surface area contributed by atoms with E-state index in [0.717, 1.165) is 12.5 Å². The highest BCUT2D eigenvalue weighted by atomic mass is 28.4. The zero-order valence-electron chi connectivity index (χ0n) is 16.7. The molecule has 0 spiro atoms. The van der Waals surface area contributed by atoms with Gasteiger partial charge in [0.15, 0.2) is 0 Å². The Morgan fingerprint density at radius 1 is 0.609 bits per heavy atom. The molecule has 0 aliphatic heterocycles. The highest BCUT2D eigenvalue weighted by Gasteiger charge is 2.40. The maximum absolute atomic E-state index is 5.99. The molecule has 0 aromatic heterocycles. The van der Waals surface area contributed by atoms with Crippen LogP contribution in [-0.2, 0) is 13.3 Å². The number of quaternary nitrogens is 1. The number of hydrogen-bond acceptors (Lipinski definition) is 3. The lowest BCUT2D eigenvalue weighted by Crippen LogP contribution is -2.52. The van der Waals surface area contributed by atoms with Gasteiger partial charge in [-0.2, -0.15) is 0 Å². The van der Waals surface area contributed by atoms with Crippen molar-refractivity contribution >= 4 is 8.80 Å². The normalized spacial score (nSPS) is 12.8. The summed E-state index contributed by atoms with van der Waals surface area (Å²) in [6.07, 6.45) is 4.90. The van der Waals surface area contributed by atoms with Crippen LogP contribution in [0, 0.1) is 0 Å². The second-order valence-electron chi connectivity index (χ2n) is 6.32. The van der Waals surface area contributed by atoms with Crippen molar-refractivity contribution in [2.45, 2.75) is 73.3 Å². The Labute approximate surface area is 146 Å². The molecule has 4 nitrogen and oxygen atoms in total. The molecule has 0 amide bonds. The van der Waals surface area contributed by atoms with Gasteiger partial charge in [0.05, 0.1) is 26.2 Å². The van der Waals surface area contributed by atoms with E-state index in [1.807, 2.05) is 20.8 Å². The minimum absolute atomic E-state index is 0.672. The van der Waals surface area contributed by atoms with Gasteiger partial charge in [-0.05, 0) is 40.0 Å². The van der Waals surface area contributed by atoms with Gasteiger partial charge in [0.2, 0.25) is 0 Å². The highest BCUT2D eigenvalue weighted by Crippen LogP contribution is 2.21. The van der Waals surface area contributed by atoms with E-state index in [4.69, 9.17) is 13.3 Å². The Morgan fingerprint density at radius 3 is 1.30 bits per heavy atom. The van der Waals surface area contributed by atoms with Gasteiger partial charge < -0.3 is 17.8 Å². The van der Waals surface area contributed by atoms with Gasteiger partial charge in [-0.15, -0.1) is 0 Å². The molecular formula is C18H42NO3Si+. The number of rotatable bonds is 16. The summed E-state index contributed by atoms with van der Waals surface area (Å²) in [5, 5.41) is 0. The van der Waals surface area contributed by atoms with E-state index in [-0.39, 0.29) is 0 Å². The van der Waals surface area contributed by atoms with Crippen LogP contribution >= 0.6 is 0 Å². The molecule has 0 aliphatic carbocycles. The molecule has 0 saturated carbocycles. The largest absolute Gasteiger partial charge is 0.501 e. The summed E-state index contributed by atoms with van der Waals surface area (Å²) >= 11 is 0. The minimum atomic E-state index is -2.47. The molecule has 0 heterocycles. The summed E-state index contributed by atoms with van der Waals surface area (Å²) in [4.78, 5) is 0. The standard InChI is InChI=1S/C18H42NO3Si/c1-7-14-19(15-8-2,16-9-3)17-13-18-23(20-10-4,21-11-5)22-12-6/h7-18H2,1-6H3/q+1. The summed E-state index contributed by atoms with van der Waals surface area (Å²) in [7, 11) is -2.47. The second-order valence-corrected chi connectivity index (χ2v) is 9.05. The molecule has 5 heteroatoms. The van der Waals surface area contributed by atoms with Crippen molar-refractivity contribution < 1.29 is 17.8 Å². The average molecular weight is 349 g/mol. The van der Waals surface area contributed by atoms with E-state index in [9.17, 15) is 0 Å². The second kappa shape index (κ2) is 13.4. The minimum Gasteiger partial charge on any atom is -0.374 e. The summed E-state index contributed by atoms with van der Waals surface area (Å²) < 4.78 is 19.2. The lowest BCUT2D eigenvalue weighted by molar-refractivity contribution is -0.928. The van der Waals surface area contributed by atoms with Crippen molar-refractivity contribution in [2.24, 2.45) is 0 Å². The summed E-state index contributed by atoms with van der Waals surface area (Å²) in [6, 6.07) is 0.944. The molecular weight excluding hydrogens is 306 g/mol. The Hall–Kier alpha value is 0.0569. The van der Waals surface area contributed by atoms with Crippen molar-refractivity contribution in [3.63, 3.8) is 0 Å². The number of hydrogen-bond donors (Lipinski definition) is 0. The van der Waals surface area contributed by atoms with Crippen molar-refractivity contribution in [1.82, 2.24) is 0 Å². The Bertz CT molecular complexity index is 217. The predicted octanol–water partition coefficient (Wildman–Crippen LogP) is 4.47. The summed E-state index contributed by atoms with van der Waals surface area (Å²) in [5.41, 5.74) is 0. The van der Waals surface area contributed by atoms with Crippen LogP contribution in [0.3, 0.4) is 0 Å². The van der Waals surface area contributed by atoms with E-state index < -0.39 is 8.80 Å². The quantitative estimate of drug-likeness (QED) is 0.304. The average Bonchev–Trinajstić information content (AvgIpc) is 2.49. The molecule has 0 bridgehead atoms. The van der Waals surface area contributed by atoms with E-state index in [1.165, 1.54) is 49.9 Å². The van der Waals surface area contributed by atoms with Crippen LogP contribution in [0.4, 0.5) is 0 Å². The maximum Gasteiger partial charge on any atom is 0.501 e. The monoisotopic (exact) mass is 348 g/mol. The Balaban J connectivity index is 4.82. The van der Waals surface area contributed by atoms with Crippen LogP contribution in [0.1, 0.15) is 67.2 Å². The third-order valence-electron chi connectivity index (χ3n) is 4.30. The first-order chi connectivity index (χ1) is 11.1. The van der Waals surface area contributed by atoms with E-state index in [1.54, 1.807) is 0 Å². The van der Waals surface area contributed by atoms with Crippen LogP contribution in [0.2, 0.25) is 6.04 Å². The van der Waals surface area contributed by atoms with Crippen molar-refractivity contribution in [1.29, 1.82) is 0 Å². The Morgan fingerprint density at radius 2 is 1.00 bits per heavy atom. The van der Waals surface area contributed by atoms with Crippen LogP contribution in [0.25, 0.3) is 0 Å². The molecule has 0 saturated heterocycles. The molecule has 0 aliphatic rings. The van der Waals surface area contributed by atoms with Gasteiger partial charge in [0.1, 0.15) is 0 Å². The smallest absolute Gasteiger partial charge is 0.374 e. The SMILES string of the molecule is CCC[N+](CCC)(CCC)CCC[Si](OCC)(OCC)OCC. The third kappa shape index (κ3) is 8.63. The van der Waals surface area contributed by atoms with E-state index in [0.29, 0.717) is 19.8 Å². The van der Waals surface area contributed by atoms with Gasteiger partial charge in [-0.3, -0.25) is 0 Å². The molecule has 0 unspecified atom stereocenters. The molecule has 140 valence electrons. The first kappa shape index (κ1) is 23.1. The zero-order valence-corrected chi connectivity index (χ0v) is 17.7. The highest BCUT2D eigenvalue weighted by molar-refractivity contribution is 6.60. The first-order valence-electron chi connectivity index (χ1n) is 9.84. The molecule has 0 rings (SSSR count). The van der Waals surface area contributed by atoms with Crippen LogP contribution in [0.5, 0.6) is 0 Å². The predicted molar refractivity (Wildman–Crippen MR) is 101 cm³/mol. The van der Waals surface area contributed by atoms with Gasteiger partial charge in [0.25, 0.3) is 0 Å². The van der Waals surface area contributed by atoms with Gasteiger partial charge in [0, 0.05) is 32.3 Å². The summed E-state index contributed by atoms with van der Waals surface area (Å²) in [5.74, 6) is 0. The van der Waals surface area contributed by atoms with Crippen LogP contribution < -0.4 is 0 Å². The van der Waals surface area contributed by atoms with Gasteiger partial charge in [-0.1, -0.05) is 20.8 Å². The zero-order chi connectivity index (χ0) is 17.6. The molecule has 0 fully saturated rings. The molecule has 23 heavy (non-hydrogen) atoms.